The number of aryl methyl sites for hydroxylation is 1. The van der Waals surface area contributed by atoms with E-state index in [0.717, 1.165) is 12.0 Å². The molecule has 1 amide bonds. The maximum Gasteiger partial charge on any atom is 0.266 e. The highest BCUT2D eigenvalue weighted by Gasteiger charge is 2.16. The van der Waals surface area contributed by atoms with Gasteiger partial charge in [-0.3, -0.25) is 4.79 Å². The van der Waals surface area contributed by atoms with Gasteiger partial charge in [0.15, 0.2) is 11.5 Å². The number of methoxy groups -OCH3 is 1. The van der Waals surface area contributed by atoms with Crippen LogP contribution in [0, 0.1) is 18.3 Å². The van der Waals surface area contributed by atoms with Crippen LogP contribution in [0.4, 0.5) is 5.69 Å². The van der Waals surface area contributed by atoms with Gasteiger partial charge in [-0.15, -0.1) is 0 Å². The molecule has 0 heterocycles. The molecule has 2 aromatic rings. The number of hydrogen-bond donors (Lipinski definition) is 1. The van der Waals surface area contributed by atoms with Crippen LogP contribution in [-0.4, -0.2) is 19.1 Å². The minimum absolute atomic E-state index is 0.0252. The first-order chi connectivity index (χ1) is 13.4. The van der Waals surface area contributed by atoms with Gasteiger partial charge in [-0.1, -0.05) is 36.2 Å². The summed E-state index contributed by atoms with van der Waals surface area (Å²) in [6.45, 7) is 5.90. The van der Waals surface area contributed by atoms with Crippen molar-refractivity contribution in [2.24, 2.45) is 0 Å². The molecule has 0 spiro atoms. The van der Waals surface area contributed by atoms with Gasteiger partial charge in [0.1, 0.15) is 11.6 Å². The Morgan fingerprint density at radius 1 is 1.32 bits per heavy atom. The summed E-state index contributed by atoms with van der Waals surface area (Å²) < 4.78 is 11.2. The minimum atomic E-state index is -0.499. The second-order valence-electron chi connectivity index (χ2n) is 6.36. The Morgan fingerprint density at radius 3 is 2.57 bits per heavy atom. The Hall–Kier alpha value is -2.97. The number of carbonyl (C=O) groups excluding carboxylic acids is 1. The second-order valence-corrected chi connectivity index (χ2v) is 6.77. The number of nitrogens with zero attached hydrogens (tertiary/aromatic N) is 1. The summed E-state index contributed by atoms with van der Waals surface area (Å²) in [4.78, 5) is 12.4. The zero-order valence-corrected chi connectivity index (χ0v) is 17.1. The van der Waals surface area contributed by atoms with Gasteiger partial charge in [0.25, 0.3) is 5.91 Å². The highest BCUT2D eigenvalue weighted by atomic mass is 35.5. The monoisotopic (exact) mass is 398 g/mol. The molecule has 6 heteroatoms. The van der Waals surface area contributed by atoms with Gasteiger partial charge in [0.05, 0.1) is 18.2 Å². The smallest absolute Gasteiger partial charge is 0.266 e. The van der Waals surface area contributed by atoms with E-state index in [2.05, 4.69) is 5.32 Å². The number of halogens is 1. The topological polar surface area (TPSA) is 71.3 Å². The largest absolute Gasteiger partial charge is 0.493 e. The average Bonchev–Trinajstić information content (AvgIpc) is 2.69. The number of anilines is 1. The highest BCUT2D eigenvalue weighted by Crippen LogP contribution is 2.38. The van der Waals surface area contributed by atoms with Crippen molar-refractivity contribution in [3.8, 4) is 17.6 Å². The molecular formula is C22H23ClN2O3. The van der Waals surface area contributed by atoms with Gasteiger partial charge >= 0.3 is 0 Å². The third-order valence-corrected chi connectivity index (χ3v) is 4.41. The zero-order chi connectivity index (χ0) is 20.7. The fourth-order valence-corrected chi connectivity index (χ4v) is 2.64. The first-order valence-electron chi connectivity index (χ1n) is 8.92. The first kappa shape index (κ1) is 21.3. The lowest BCUT2D eigenvalue weighted by Crippen LogP contribution is -2.13. The third-order valence-electron chi connectivity index (χ3n) is 4.13. The Kier molecular flexibility index (Phi) is 7.48. The van der Waals surface area contributed by atoms with Crippen molar-refractivity contribution in [1.82, 2.24) is 0 Å². The Balaban J connectivity index is 2.30. The van der Waals surface area contributed by atoms with Crippen LogP contribution in [0.1, 0.15) is 31.4 Å². The molecule has 0 saturated heterocycles. The molecule has 146 valence electrons. The normalized spacial score (nSPS) is 12.1. The molecule has 5 nitrogen and oxygen atoms in total. The van der Waals surface area contributed by atoms with Gasteiger partial charge < -0.3 is 14.8 Å². The van der Waals surface area contributed by atoms with Crippen LogP contribution in [0.25, 0.3) is 6.08 Å². The second kappa shape index (κ2) is 9.82. The molecule has 0 unspecified atom stereocenters. The van der Waals surface area contributed by atoms with Crippen molar-refractivity contribution >= 4 is 29.3 Å². The number of hydrogen-bond acceptors (Lipinski definition) is 4. The predicted molar refractivity (Wildman–Crippen MR) is 112 cm³/mol. The number of nitriles is 1. The standard InChI is InChI=1S/C22H23ClN2O3/c1-5-15(3)28-21-19(23)11-16(12-20(21)27-4)10-17(13-24)22(26)25-18-8-6-14(2)7-9-18/h6-12,15H,5H2,1-4H3,(H,25,26)/b17-10-/t15-/m0/s1. The predicted octanol–water partition coefficient (Wildman–Crippen LogP) is 5.38. The third kappa shape index (κ3) is 5.51. The van der Waals surface area contributed by atoms with E-state index >= 15 is 0 Å². The Bertz CT molecular complexity index is 915. The highest BCUT2D eigenvalue weighted by molar-refractivity contribution is 6.32. The number of rotatable bonds is 7. The number of nitrogens with one attached hydrogen (secondary N) is 1. The van der Waals surface area contributed by atoms with E-state index in [9.17, 15) is 10.1 Å². The fourth-order valence-electron chi connectivity index (χ4n) is 2.37. The molecule has 0 aliphatic rings. The van der Waals surface area contributed by atoms with Crippen LogP contribution in [0.15, 0.2) is 42.0 Å². The average molecular weight is 399 g/mol. The molecule has 1 N–H and O–H groups in total. The summed E-state index contributed by atoms with van der Waals surface area (Å²) in [5.74, 6) is 0.384. The van der Waals surface area contributed by atoms with Crippen LogP contribution in [0.5, 0.6) is 11.5 Å². The van der Waals surface area contributed by atoms with Crippen molar-refractivity contribution in [3.05, 3.63) is 58.1 Å². The van der Waals surface area contributed by atoms with E-state index in [1.54, 1.807) is 24.3 Å². The molecule has 0 bridgehead atoms. The van der Waals surface area contributed by atoms with Crippen molar-refractivity contribution in [2.45, 2.75) is 33.3 Å². The summed E-state index contributed by atoms with van der Waals surface area (Å²) in [7, 11) is 1.51. The molecule has 2 aromatic carbocycles. The summed E-state index contributed by atoms with van der Waals surface area (Å²) in [5.41, 5.74) is 2.21. The molecular weight excluding hydrogens is 376 g/mol. The summed E-state index contributed by atoms with van der Waals surface area (Å²) >= 11 is 6.35. The van der Waals surface area contributed by atoms with Crippen molar-refractivity contribution in [1.29, 1.82) is 5.26 Å². The summed E-state index contributed by atoms with van der Waals surface area (Å²) in [6, 6.07) is 12.6. The maximum absolute atomic E-state index is 12.4. The molecule has 0 saturated carbocycles. The van der Waals surface area contributed by atoms with Gasteiger partial charge in [-0.2, -0.15) is 5.26 Å². The minimum Gasteiger partial charge on any atom is -0.493 e. The van der Waals surface area contributed by atoms with Gasteiger partial charge in [-0.05, 0) is 56.2 Å². The van der Waals surface area contributed by atoms with E-state index < -0.39 is 5.91 Å². The van der Waals surface area contributed by atoms with E-state index in [0.29, 0.717) is 27.8 Å². The maximum atomic E-state index is 12.4. The Labute approximate surface area is 170 Å². The molecule has 0 fully saturated rings. The lowest BCUT2D eigenvalue weighted by molar-refractivity contribution is -0.112. The van der Waals surface area contributed by atoms with Crippen LogP contribution >= 0.6 is 11.6 Å². The van der Waals surface area contributed by atoms with E-state index in [4.69, 9.17) is 21.1 Å². The molecule has 1 atom stereocenters. The summed E-state index contributed by atoms with van der Waals surface area (Å²) in [5, 5.41) is 12.5. The molecule has 0 radical (unpaired) electrons. The van der Waals surface area contributed by atoms with Crippen LogP contribution < -0.4 is 14.8 Å². The first-order valence-corrected chi connectivity index (χ1v) is 9.29. The molecule has 28 heavy (non-hydrogen) atoms. The molecule has 0 aliphatic carbocycles. The van der Waals surface area contributed by atoms with Crippen molar-refractivity contribution < 1.29 is 14.3 Å². The van der Waals surface area contributed by atoms with E-state index in [1.165, 1.54) is 13.2 Å². The van der Waals surface area contributed by atoms with Crippen LogP contribution in [-0.2, 0) is 4.79 Å². The summed E-state index contributed by atoms with van der Waals surface area (Å²) in [6.07, 6.45) is 2.26. The van der Waals surface area contributed by atoms with E-state index in [-0.39, 0.29) is 11.7 Å². The van der Waals surface area contributed by atoms with Gasteiger partial charge in [-0.25, -0.2) is 0 Å². The lowest BCUT2D eigenvalue weighted by atomic mass is 10.1. The SMILES string of the molecule is CC[C@H](C)Oc1c(Cl)cc(/C=C(/C#N)C(=O)Nc2ccc(C)cc2)cc1OC. The number of ether oxygens (including phenoxy) is 2. The lowest BCUT2D eigenvalue weighted by Gasteiger charge is -2.17. The molecule has 0 aromatic heterocycles. The Morgan fingerprint density at radius 2 is 2.00 bits per heavy atom. The zero-order valence-electron chi connectivity index (χ0n) is 16.4. The van der Waals surface area contributed by atoms with Crippen molar-refractivity contribution in [3.63, 3.8) is 0 Å². The number of amides is 1. The van der Waals surface area contributed by atoms with Gasteiger partial charge in [0.2, 0.25) is 0 Å². The van der Waals surface area contributed by atoms with Crippen LogP contribution in [0.3, 0.4) is 0 Å². The quantitative estimate of drug-likeness (QED) is 0.502. The van der Waals surface area contributed by atoms with E-state index in [1.807, 2.05) is 39.0 Å². The number of carbonyl (C=O) groups is 1. The number of benzene rings is 2. The molecule has 0 aliphatic heterocycles. The van der Waals surface area contributed by atoms with Crippen molar-refractivity contribution in [2.75, 3.05) is 12.4 Å². The fraction of sp³-hybridized carbons (Fsp3) is 0.273. The molecule has 2 rings (SSSR count). The van der Waals surface area contributed by atoms with Crippen LogP contribution in [0.2, 0.25) is 5.02 Å². The van der Waals surface area contributed by atoms with Gasteiger partial charge in [0, 0.05) is 5.69 Å².